The maximum absolute atomic E-state index is 12.5. The van der Waals surface area contributed by atoms with Gasteiger partial charge in [-0.05, 0) is 63.0 Å². The van der Waals surface area contributed by atoms with Crippen molar-refractivity contribution in [2.75, 3.05) is 19.6 Å². The molecule has 3 rings (SSSR count). The molecule has 0 bridgehead atoms. The molecule has 7 heteroatoms. The summed E-state index contributed by atoms with van der Waals surface area (Å²) in [4.78, 5) is 16.7. The Morgan fingerprint density at radius 2 is 2.04 bits per heavy atom. The van der Waals surface area contributed by atoms with Gasteiger partial charge in [0.25, 0.3) is 5.91 Å². The molecule has 0 spiro atoms. The fourth-order valence-electron chi connectivity index (χ4n) is 3.05. The lowest BCUT2D eigenvalue weighted by Gasteiger charge is -2.25. The van der Waals surface area contributed by atoms with Crippen LogP contribution >= 0.6 is 24.8 Å². The number of pyridine rings is 1. The number of carbonyl (C=O) groups is 1. The number of hydrogen-bond acceptors (Lipinski definition) is 3. The lowest BCUT2D eigenvalue weighted by Crippen LogP contribution is -2.33. The monoisotopic (exact) mass is 384 g/mol. The molecule has 1 fully saturated rings. The SMILES string of the molecule is Cc1ccc(CCNC(=O)c2cccn2C2CCNCC2)cn1.Cl.Cl. The fraction of sp³-hybridized carbons (Fsp3) is 0.444. The smallest absolute Gasteiger partial charge is 0.267 e. The van der Waals surface area contributed by atoms with E-state index >= 15 is 0 Å². The van der Waals surface area contributed by atoms with Gasteiger partial charge in [0, 0.05) is 30.7 Å². The number of piperidine rings is 1. The first-order chi connectivity index (χ1) is 11.2. The standard InChI is InChI=1S/C18H24N4O.2ClH/c1-14-4-5-15(13-21-14)6-11-20-18(23)17-3-2-12-22(17)16-7-9-19-10-8-16;;/h2-5,12-13,16,19H,6-11H2,1H3,(H,20,23);2*1H. The van der Waals surface area contributed by atoms with E-state index < -0.39 is 0 Å². The summed E-state index contributed by atoms with van der Waals surface area (Å²) in [7, 11) is 0. The van der Waals surface area contributed by atoms with Crippen molar-refractivity contribution in [3.05, 3.63) is 53.6 Å². The second-order valence-corrected chi connectivity index (χ2v) is 6.10. The molecule has 1 saturated heterocycles. The van der Waals surface area contributed by atoms with Gasteiger partial charge in [-0.25, -0.2) is 0 Å². The molecule has 0 radical (unpaired) electrons. The first kappa shape index (κ1) is 21.5. The fourth-order valence-corrected chi connectivity index (χ4v) is 3.05. The first-order valence-corrected chi connectivity index (χ1v) is 8.31. The number of aryl methyl sites for hydroxylation is 1. The van der Waals surface area contributed by atoms with Crippen LogP contribution in [0.5, 0.6) is 0 Å². The number of carbonyl (C=O) groups excluding carboxylic acids is 1. The van der Waals surface area contributed by atoms with E-state index in [4.69, 9.17) is 0 Å². The van der Waals surface area contributed by atoms with Crippen LogP contribution in [0.2, 0.25) is 0 Å². The minimum atomic E-state index is 0. The Balaban J connectivity index is 0.00000156. The molecule has 5 nitrogen and oxygen atoms in total. The lowest BCUT2D eigenvalue weighted by molar-refractivity contribution is 0.0941. The van der Waals surface area contributed by atoms with Crippen molar-refractivity contribution < 1.29 is 4.79 Å². The van der Waals surface area contributed by atoms with Crippen LogP contribution in [-0.4, -0.2) is 35.1 Å². The van der Waals surface area contributed by atoms with E-state index in [0.29, 0.717) is 12.6 Å². The summed E-state index contributed by atoms with van der Waals surface area (Å²) in [5, 5.41) is 6.39. The predicted molar refractivity (Wildman–Crippen MR) is 105 cm³/mol. The van der Waals surface area contributed by atoms with Crippen molar-refractivity contribution in [3.63, 3.8) is 0 Å². The van der Waals surface area contributed by atoms with E-state index in [1.807, 2.05) is 37.5 Å². The summed E-state index contributed by atoms with van der Waals surface area (Å²) in [6.45, 7) is 4.64. The normalized spacial score (nSPS) is 14.3. The van der Waals surface area contributed by atoms with Gasteiger partial charge in [0.15, 0.2) is 0 Å². The van der Waals surface area contributed by atoms with Gasteiger partial charge in [-0.2, -0.15) is 0 Å². The highest BCUT2D eigenvalue weighted by Gasteiger charge is 2.19. The summed E-state index contributed by atoms with van der Waals surface area (Å²) in [5.74, 6) is 0.00797. The highest BCUT2D eigenvalue weighted by atomic mass is 35.5. The minimum Gasteiger partial charge on any atom is -0.350 e. The van der Waals surface area contributed by atoms with E-state index in [2.05, 4.69) is 26.3 Å². The van der Waals surface area contributed by atoms with E-state index in [9.17, 15) is 4.79 Å². The van der Waals surface area contributed by atoms with Crippen LogP contribution in [0.25, 0.3) is 0 Å². The molecule has 1 amide bonds. The molecule has 2 N–H and O–H groups in total. The average molecular weight is 385 g/mol. The summed E-state index contributed by atoms with van der Waals surface area (Å²) in [6.07, 6.45) is 6.84. The molecule has 0 unspecified atom stereocenters. The molecule has 2 aromatic heterocycles. The van der Waals surface area contributed by atoms with Crippen molar-refractivity contribution in [3.8, 4) is 0 Å². The third-order valence-electron chi connectivity index (χ3n) is 4.39. The van der Waals surface area contributed by atoms with E-state index in [1.54, 1.807) is 0 Å². The molecule has 0 aliphatic carbocycles. The Hall–Kier alpha value is -1.56. The Morgan fingerprint density at radius 1 is 1.28 bits per heavy atom. The van der Waals surface area contributed by atoms with Gasteiger partial charge in [0.1, 0.15) is 5.69 Å². The van der Waals surface area contributed by atoms with E-state index in [0.717, 1.165) is 49.3 Å². The molecule has 1 aliphatic heterocycles. The van der Waals surface area contributed by atoms with E-state index in [-0.39, 0.29) is 30.7 Å². The maximum Gasteiger partial charge on any atom is 0.267 e. The molecular weight excluding hydrogens is 359 g/mol. The molecule has 0 saturated carbocycles. The number of nitrogens with zero attached hydrogens (tertiary/aromatic N) is 2. The van der Waals surface area contributed by atoms with Gasteiger partial charge >= 0.3 is 0 Å². The van der Waals surface area contributed by atoms with Crippen LogP contribution in [-0.2, 0) is 6.42 Å². The highest BCUT2D eigenvalue weighted by Crippen LogP contribution is 2.21. The maximum atomic E-state index is 12.5. The molecule has 3 heterocycles. The number of halogens is 2. The minimum absolute atomic E-state index is 0. The van der Waals surface area contributed by atoms with Crippen LogP contribution in [0.3, 0.4) is 0 Å². The Morgan fingerprint density at radius 3 is 2.72 bits per heavy atom. The topological polar surface area (TPSA) is 59.0 Å². The first-order valence-electron chi connectivity index (χ1n) is 8.31. The molecule has 138 valence electrons. The van der Waals surface area contributed by atoms with Crippen LogP contribution in [0.15, 0.2) is 36.7 Å². The second-order valence-electron chi connectivity index (χ2n) is 6.10. The predicted octanol–water partition coefficient (Wildman–Crippen LogP) is 2.93. The van der Waals surface area contributed by atoms with Gasteiger partial charge in [0.05, 0.1) is 0 Å². The third-order valence-corrected chi connectivity index (χ3v) is 4.39. The molecular formula is C18H26Cl2N4O. The van der Waals surface area contributed by atoms with Crippen molar-refractivity contribution in [2.24, 2.45) is 0 Å². The molecule has 25 heavy (non-hydrogen) atoms. The number of amides is 1. The van der Waals surface area contributed by atoms with Crippen molar-refractivity contribution in [1.82, 2.24) is 20.2 Å². The number of aromatic nitrogens is 2. The summed E-state index contributed by atoms with van der Waals surface area (Å²) in [5.41, 5.74) is 2.92. The highest BCUT2D eigenvalue weighted by molar-refractivity contribution is 5.92. The second kappa shape index (κ2) is 10.4. The molecule has 0 aromatic carbocycles. The van der Waals surface area contributed by atoms with Crippen molar-refractivity contribution in [2.45, 2.75) is 32.2 Å². The summed E-state index contributed by atoms with van der Waals surface area (Å²) < 4.78 is 2.13. The van der Waals surface area contributed by atoms with Gasteiger partial charge in [-0.15, -0.1) is 24.8 Å². The van der Waals surface area contributed by atoms with Crippen molar-refractivity contribution >= 4 is 30.7 Å². The van der Waals surface area contributed by atoms with E-state index in [1.165, 1.54) is 0 Å². The number of hydrogen-bond donors (Lipinski definition) is 2. The van der Waals surface area contributed by atoms with Crippen LogP contribution in [0.1, 0.15) is 40.6 Å². The molecule has 2 aromatic rings. The Bertz CT molecular complexity index is 651. The number of nitrogens with one attached hydrogen (secondary N) is 2. The average Bonchev–Trinajstić information content (AvgIpc) is 3.07. The van der Waals surface area contributed by atoms with Crippen LogP contribution < -0.4 is 10.6 Å². The van der Waals surface area contributed by atoms with Gasteiger partial charge in [0.2, 0.25) is 0 Å². The lowest BCUT2D eigenvalue weighted by atomic mass is 10.1. The number of rotatable bonds is 5. The summed E-state index contributed by atoms with van der Waals surface area (Å²) >= 11 is 0. The zero-order valence-electron chi connectivity index (χ0n) is 14.4. The Labute approximate surface area is 161 Å². The molecule has 0 atom stereocenters. The Kier molecular flexibility index (Phi) is 8.97. The van der Waals surface area contributed by atoms with Crippen LogP contribution in [0.4, 0.5) is 0 Å². The zero-order valence-corrected chi connectivity index (χ0v) is 16.0. The summed E-state index contributed by atoms with van der Waals surface area (Å²) in [6, 6.07) is 8.35. The molecule has 1 aliphatic rings. The zero-order chi connectivity index (χ0) is 16.1. The van der Waals surface area contributed by atoms with Gasteiger partial charge < -0.3 is 15.2 Å². The third kappa shape index (κ3) is 5.73. The van der Waals surface area contributed by atoms with Crippen molar-refractivity contribution in [1.29, 1.82) is 0 Å². The van der Waals surface area contributed by atoms with Gasteiger partial charge in [-0.1, -0.05) is 6.07 Å². The quantitative estimate of drug-likeness (QED) is 0.832. The van der Waals surface area contributed by atoms with Gasteiger partial charge in [-0.3, -0.25) is 9.78 Å². The van der Waals surface area contributed by atoms with Crippen LogP contribution in [0, 0.1) is 6.92 Å². The largest absolute Gasteiger partial charge is 0.350 e.